The molecule has 1 rings (SSSR count). The van der Waals surface area contributed by atoms with E-state index < -0.39 is 24.7 Å². The Bertz CT molecular complexity index is 401. The van der Waals surface area contributed by atoms with Crippen LogP contribution < -0.4 is 10.1 Å². The minimum absolute atomic E-state index is 0.0329. The molecule has 108 valence electrons. The third-order valence-electron chi connectivity index (χ3n) is 2.05. The smallest absolute Gasteiger partial charge is 0.406 e. The van der Waals surface area contributed by atoms with Crippen molar-refractivity contribution < 1.29 is 31.1 Å². The molecule has 0 bridgehead atoms. The number of halogens is 6. The van der Waals surface area contributed by atoms with Crippen LogP contribution in [0.2, 0.25) is 0 Å². The number of nitrogens with one attached hydrogen (secondary N) is 1. The van der Waals surface area contributed by atoms with Gasteiger partial charge in [-0.1, -0.05) is 12.1 Å². The van der Waals surface area contributed by atoms with E-state index in [1.807, 2.05) is 0 Å². The van der Waals surface area contributed by atoms with Gasteiger partial charge in [0.2, 0.25) is 0 Å². The molecule has 0 fully saturated rings. The van der Waals surface area contributed by atoms with E-state index >= 15 is 0 Å². The molecule has 8 heteroatoms. The number of hydrogen-bond donors (Lipinski definition) is 1. The van der Waals surface area contributed by atoms with Crippen LogP contribution in [0.25, 0.3) is 0 Å². The molecule has 0 atom stereocenters. The van der Waals surface area contributed by atoms with Crippen molar-refractivity contribution >= 4 is 0 Å². The van der Waals surface area contributed by atoms with Crippen molar-refractivity contribution in [2.24, 2.45) is 0 Å². The summed E-state index contributed by atoms with van der Waals surface area (Å²) in [6.07, 6.45) is -10.0. The SMILES string of the molecule is FC(F)(F)CCNCc1cccc(OC(F)(F)F)c1. The van der Waals surface area contributed by atoms with Gasteiger partial charge >= 0.3 is 12.5 Å². The molecule has 0 saturated heterocycles. The molecular weight excluding hydrogens is 276 g/mol. The van der Waals surface area contributed by atoms with Crippen LogP contribution in [0.5, 0.6) is 5.75 Å². The van der Waals surface area contributed by atoms with Gasteiger partial charge in [0.1, 0.15) is 5.75 Å². The summed E-state index contributed by atoms with van der Waals surface area (Å²) in [6, 6.07) is 5.06. The Kier molecular flexibility index (Phi) is 5.04. The first-order valence-corrected chi connectivity index (χ1v) is 5.28. The van der Waals surface area contributed by atoms with Gasteiger partial charge in [-0.15, -0.1) is 13.2 Å². The van der Waals surface area contributed by atoms with Gasteiger partial charge in [0.25, 0.3) is 0 Å². The Hall–Kier alpha value is -1.44. The van der Waals surface area contributed by atoms with Crippen molar-refractivity contribution in [1.82, 2.24) is 5.32 Å². The molecule has 19 heavy (non-hydrogen) atoms. The highest BCUT2D eigenvalue weighted by atomic mass is 19.4. The van der Waals surface area contributed by atoms with E-state index in [2.05, 4.69) is 10.1 Å². The van der Waals surface area contributed by atoms with Crippen molar-refractivity contribution in [1.29, 1.82) is 0 Å². The molecule has 0 aromatic heterocycles. The predicted octanol–water partition coefficient (Wildman–Crippen LogP) is 3.63. The Morgan fingerprint density at radius 1 is 1.05 bits per heavy atom. The van der Waals surface area contributed by atoms with Crippen molar-refractivity contribution in [3.05, 3.63) is 29.8 Å². The zero-order valence-electron chi connectivity index (χ0n) is 9.61. The second-order valence-electron chi connectivity index (χ2n) is 3.74. The fourth-order valence-electron chi connectivity index (χ4n) is 1.32. The van der Waals surface area contributed by atoms with E-state index in [0.29, 0.717) is 5.56 Å². The number of alkyl halides is 6. The summed E-state index contributed by atoms with van der Waals surface area (Å²) in [4.78, 5) is 0. The van der Waals surface area contributed by atoms with E-state index in [1.54, 1.807) is 0 Å². The average molecular weight is 287 g/mol. The Balaban J connectivity index is 2.44. The van der Waals surface area contributed by atoms with Crippen LogP contribution in [0, 0.1) is 0 Å². The lowest BCUT2D eigenvalue weighted by Gasteiger charge is -2.11. The zero-order valence-corrected chi connectivity index (χ0v) is 9.61. The highest BCUT2D eigenvalue weighted by molar-refractivity contribution is 5.28. The van der Waals surface area contributed by atoms with E-state index in [9.17, 15) is 26.3 Å². The maximum atomic E-state index is 11.9. The van der Waals surface area contributed by atoms with Gasteiger partial charge < -0.3 is 10.1 Å². The van der Waals surface area contributed by atoms with Gasteiger partial charge in [0, 0.05) is 13.1 Å². The molecule has 0 heterocycles. The third-order valence-corrected chi connectivity index (χ3v) is 2.05. The third kappa shape index (κ3) is 7.55. The Morgan fingerprint density at radius 2 is 1.74 bits per heavy atom. The molecular formula is C11H11F6NO. The summed E-state index contributed by atoms with van der Waals surface area (Å²) in [5.74, 6) is -0.400. The number of benzene rings is 1. The topological polar surface area (TPSA) is 21.3 Å². The first-order valence-electron chi connectivity index (χ1n) is 5.28. The molecule has 0 aliphatic carbocycles. The molecule has 0 unspecified atom stereocenters. The normalized spacial score (nSPS) is 12.5. The minimum atomic E-state index is -4.79. The van der Waals surface area contributed by atoms with Crippen LogP contribution >= 0.6 is 0 Å². The van der Waals surface area contributed by atoms with E-state index in [1.165, 1.54) is 12.1 Å². The Morgan fingerprint density at radius 3 is 2.32 bits per heavy atom. The maximum Gasteiger partial charge on any atom is 0.573 e. The highest BCUT2D eigenvalue weighted by Crippen LogP contribution is 2.23. The van der Waals surface area contributed by atoms with Crippen LogP contribution in [-0.4, -0.2) is 19.1 Å². The quantitative estimate of drug-likeness (QED) is 0.659. The number of hydrogen-bond acceptors (Lipinski definition) is 2. The van der Waals surface area contributed by atoms with E-state index in [-0.39, 0.29) is 13.1 Å². The molecule has 0 aliphatic heterocycles. The van der Waals surface area contributed by atoms with Crippen LogP contribution in [-0.2, 0) is 6.54 Å². The monoisotopic (exact) mass is 287 g/mol. The van der Waals surface area contributed by atoms with Crippen molar-refractivity contribution in [3.63, 3.8) is 0 Å². The predicted molar refractivity (Wildman–Crippen MR) is 55.5 cm³/mol. The van der Waals surface area contributed by atoms with Gasteiger partial charge in [-0.3, -0.25) is 0 Å². The van der Waals surface area contributed by atoms with Gasteiger partial charge in [-0.05, 0) is 17.7 Å². The fraction of sp³-hybridized carbons (Fsp3) is 0.455. The van der Waals surface area contributed by atoms with Crippen molar-refractivity contribution in [2.75, 3.05) is 6.54 Å². The summed E-state index contributed by atoms with van der Waals surface area (Å²) in [5, 5.41) is 2.49. The first-order chi connectivity index (χ1) is 8.66. The minimum Gasteiger partial charge on any atom is -0.406 e. The maximum absolute atomic E-state index is 11.9. The fourth-order valence-corrected chi connectivity index (χ4v) is 1.32. The summed E-state index contributed by atoms with van der Waals surface area (Å²) < 4.78 is 75.1. The highest BCUT2D eigenvalue weighted by Gasteiger charge is 2.31. The molecule has 1 aromatic carbocycles. The van der Waals surface area contributed by atoms with E-state index in [4.69, 9.17) is 0 Å². The van der Waals surface area contributed by atoms with Crippen molar-refractivity contribution in [3.8, 4) is 5.75 Å². The average Bonchev–Trinajstić information content (AvgIpc) is 2.21. The van der Waals surface area contributed by atoms with Gasteiger partial charge in [-0.25, -0.2) is 0 Å². The zero-order chi connectivity index (χ0) is 14.5. The van der Waals surface area contributed by atoms with Crippen LogP contribution in [0.1, 0.15) is 12.0 Å². The summed E-state index contributed by atoms with van der Waals surface area (Å²) in [7, 11) is 0. The van der Waals surface area contributed by atoms with Gasteiger partial charge in [-0.2, -0.15) is 13.2 Å². The first kappa shape index (κ1) is 15.6. The van der Waals surface area contributed by atoms with Gasteiger partial charge in [0.05, 0.1) is 6.42 Å². The molecule has 1 aromatic rings. The van der Waals surface area contributed by atoms with Crippen LogP contribution in [0.15, 0.2) is 24.3 Å². The lowest BCUT2D eigenvalue weighted by Crippen LogP contribution is -2.21. The standard InChI is InChI=1S/C11H11F6NO/c12-10(13,14)4-5-18-7-8-2-1-3-9(6-8)19-11(15,16)17/h1-3,6,18H,4-5,7H2. The number of rotatable bonds is 5. The lowest BCUT2D eigenvalue weighted by atomic mass is 10.2. The summed E-state index contributed by atoms with van der Waals surface area (Å²) >= 11 is 0. The lowest BCUT2D eigenvalue weighted by molar-refractivity contribution is -0.274. The molecule has 1 N–H and O–H groups in total. The summed E-state index contributed by atoms with van der Waals surface area (Å²) in [5.41, 5.74) is 0.406. The largest absolute Gasteiger partial charge is 0.573 e. The molecule has 0 radical (unpaired) electrons. The van der Waals surface area contributed by atoms with Crippen LogP contribution in [0.4, 0.5) is 26.3 Å². The van der Waals surface area contributed by atoms with Gasteiger partial charge in [0.15, 0.2) is 0 Å². The molecule has 2 nitrogen and oxygen atoms in total. The molecule has 0 spiro atoms. The van der Waals surface area contributed by atoms with Crippen molar-refractivity contribution in [2.45, 2.75) is 25.5 Å². The van der Waals surface area contributed by atoms with Crippen LogP contribution in [0.3, 0.4) is 0 Å². The Labute approximate surface area is 105 Å². The second kappa shape index (κ2) is 6.14. The number of ether oxygens (including phenoxy) is 1. The second-order valence-corrected chi connectivity index (χ2v) is 3.74. The van der Waals surface area contributed by atoms with E-state index in [0.717, 1.165) is 12.1 Å². The molecule has 0 saturated carbocycles. The molecule has 0 aliphatic rings. The summed E-state index contributed by atoms with van der Waals surface area (Å²) in [6.45, 7) is -0.265. The molecule has 0 amide bonds.